The average molecular weight is 235 g/mol. The van der Waals surface area contributed by atoms with Crippen LogP contribution < -0.4 is 14.8 Å². The third-order valence-electron chi connectivity index (χ3n) is 2.16. The van der Waals surface area contributed by atoms with Crippen molar-refractivity contribution in [2.24, 2.45) is 0 Å². The second kappa shape index (κ2) is 6.58. The largest absolute Gasteiger partial charge is 0.493 e. The maximum absolute atomic E-state index is 11.1. The Morgan fingerprint density at radius 2 is 2.18 bits per heavy atom. The van der Waals surface area contributed by atoms with Crippen molar-refractivity contribution in [3.05, 3.63) is 29.8 Å². The van der Waals surface area contributed by atoms with E-state index in [2.05, 4.69) is 5.32 Å². The fourth-order valence-corrected chi connectivity index (χ4v) is 1.32. The summed E-state index contributed by atoms with van der Waals surface area (Å²) >= 11 is 0. The van der Waals surface area contributed by atoms with Crippen molar-refractivity contribution >= 4 is 12.0 Å². The summed E-state index contributed by atoms with van der Waals surface area (Å²) in [6.45, 7) is 2.50. The molecule has 92 valence electrons. The number of carbonyl (C=O) groups excluding carboxylic acids is 1. The molecule has 0 bridgehead atoms. The SMILES string of the molecule is CCOc1ccc(/C=C/C(=O)NC)cc1OC. The molecule has 4 nitrogen and oxygen atoms in total. The van der Waals surface area contributed by atoms with Crippen LogP contribution in [0.15, 0.2) is 24.3 Å². The number of methoxy groups -OCH3 is 1. The summed E-state index contributed by atoms with van der Waals surface area (Å²) in [6.07, 6.45) is 3.19. The van der Waals surface area contributed by atoms with Gasteiger partial charge in [-0.2, -0.15) is 0 Å². The van der Waals surface area contributed by atoms with Crippen LogP contribution in [0.3, 0.4) is 0 Å². The highest BCUT2D eigenvalue weighted by molar-refractivity contribution is 5.91. The highest BCUT2D eigenvalue weighted by Gasteiger charge is 2.03. The molecule has 0 heterocycles. The number of nitrogens with one attached hydrogen (secondary N) is 1. The molecular weight excluding hydrogens is 218 g/mol. The smallest absolute Gasteiger partial charge is 0.243 e. The van der Waals surface area contributed by atoms with Crippen LogP contribution >= 0.6 is 0 Å². The molecule has 0 aliphatic carbocycles. The van der Waals surface area contributed by atoms with Crippen molar-refractivity contribution in [2.45, 2.75) is 6.92 Å². The number of benzene rings is 1. The van der Waals surface area contributed by atoms with E-state index in [0.717, 1.165) is 5.56 Å². The molecular formula is C13H17NO3. The molecule has 0 atom stereocenters. The quantitative estimate of drug-likeness (QED) is 0.792. The highest BCUT2D eigenvalue weighted by atomic mass is 16.5. The van der Waals surface area contributed by atoms with E-state index in [4.69, 9.17) is 9.47 Å². The first-order valence-corrected chi connectivity index (χ1v) is 5.42. The number of amides is 1. The summed E-state index contributed by atoms with van der Waals surface area (Å²) in [5.41, 5.74) is 0.883. The van der Waals surface area contributed by atoms with Crippen LogP contribution in [-0.4, -0.2) is 26.7 Å². The molecule has 0 fully saturated rings. The van der Waals surface area contributed by atoms with Crippen molar-refractivity contribution in [3.8, 4) is 11.5 Å². The highest BCUT2D eigenvalue weighted by Crippen LogP contribution is 2.28. The van der Waals surface area contributed by atoms with Crippen molar-refractivity contribution in [2.75, 3.05) is 20.8 Å². The second-order valence-corrected chi connectivity index (χ2v) is 3.29. The van der Waals surface area contributed by atoms with Crippen molar-refractivity contribution in [1.82, 2.24) is 5.32 Å². The predicted molar refractivity (Wildman–Crippen MR) is 67.3 cm³/mol. The van der Waals surface area contributed by atoms with E-state index in [1.807, 2.05) is 25.1 Å². The predicted octanol–water partition coefficient (Wildman–Crippen LogP) is 1.85. The first kappa shape index (κ1) is 13.1. The van der Waals surface area contributed by atoms with Gasteiger partial charge in [0.05, 0.1) is 13.7 Å². The molecule has 0 saturated heterocycles. The lowest BCUT2D eigenvalue weighted by Gasteiger charge is -2.09. The summed E-state index contributed by atoms with van der Waals surface area (Å²) in [7, 11) is 3.18. The third-order valence-corrected chi connectivity index (χ3v) is 2.16. The lowest BCUT2D eigenvalue weighted by Crippen LogP contribution is -2.13. The van der Waals surface area contributed by atoms with Crippen LogP contribution in [-0.2, 0) is 4.79 Å². The van der Waals surface area contributed by atoms with Crippen LogP contribution in [0.2, 0.25) is 0 Å². The number of rotatable bonds is 5. The van der Waals surface area contributed by atoms with Crippen LogP contribution in [0, 0.1) is 0 Å². The molecule has 0 spiro atoms. The van der Waals surface area contributed by atoms with Gasteiger partial charge in [-0.25, -0.2) is 0 Å². The lowest BCUT2D eigenvalue weighted by molar-refractivity contribution is -0.115. The summed E-state index contributed by atoms with van der Waals surface area (Å²) < 4.78 is 10.6. The van der Waals surface area contributed by atoms with Gasteiger partial charge in [-0.15, -0.1) is 0 Å². The minimum absolute atomic E-state index is 0.141. The molecule has 1 aromatic rings. The van der Waals surface area contributed by atoms with E-state index in [1.54, 1.807) is 20.2 Å². The maximum Gasteiger partial charge on any atom is 0.243 e. The molecule has 0 aliphatic rings. The first-order chi connectivity index (χ1) is 8.21. The Hall–Kier alpha value is -1.97. The van der Waals surface area contributed by atoms with Crippen LogP contribution in [0.1, 0.15) is 12.5 Å². The van der Waals surface area contributed by atoms with E-state index >= 15 is 0 Å². The number of hydrogen-bond donors (Lipinski definition) is 1. The molecule has 0 aromatic heterocycles. The zero-order chi connectivity index (χ0) is 12.7. The van der Waals surface area contributed by atoms with Crippen molar-refractivity contribution in [3.63, 3.8) is 0 Å². The van der Waals surface area contributed by atoms with Gasteiger partial charge >= 0.3 is 0 Å². The Morgan fingerprint density at radius 1 is 1.41 bits per heavy atom. The zero-order valence-electron chi connectivity index (χ0n) is 10.3. The summed E-state index contributed by atoms with van der Waals surface area (Å²) in [5, 5.41) is 2.51. The van der Waals surface area contributed by atoms with Gasteiger partial charge in [-0.1, -0.05) is 6.07 Å². The Labute approximate surface area is 101 Å². The van der Waals surface area contributed by atoms with Crippen molar-refractivity contribution in [1.29, 1.82) is 0 Å². The van der Waals surface area contributed by atoms with Crippen LogP contribution in [0.25, 0.3) is 6.08 Å². The van der Waals surface area contributed by atoms with Gasteiger partial charge in [0.25, 0.3) is 0 Å². The molecule has 0 aliphatic heterocycles. The van der Waals surface area contributed by atoms with E-state index in [-0.39, 0.29) is 5.91 Å². The zero-order valence-corrected chi connectivity index (χ0v) is 10.3. The third kappa shape index (κ3) is 3.83. The second-order valence-electron chi connectivity index (χ2n) is 3.29. The molecule has 17 heavy (non-hydrogen) atoms. The molecule has 0 unspecified atom stereocenters. The number of likely N-dealkylation sites (N-methyl/N-ethyl adjacent to an activating group) is 1. The average Bonchev–Trinajstić information content (AvgIpc) is 2.37. The molecule has 1 aromatic carbocycles. The molecule has 1 rings (SSSR count). The van der Waals surface area contributed by atoms with Crippen molar-refractivity contribution < 1.29 is 14.3 Å². The Bertz CT molecular complexity index is 413. The molecule has 1 amide bonds. The minimum Gasteiger partial charge on any atom is -0.493 e. The fourth-order valence-electron chi connectivity index (χ4n) is 1.32. The Kier molecular flexibility index (Phi) is 5.07. The normalized spacial score (nSPS) is 10.3. The van der Waals surface area contributed by atoms with Gasteiger partial charge in [-0.05, 0) is 30.7 Å². The summed E-state index contributed by atoms with van der Waals surface area (Å²) in [6, 6.07) is 5.52. The summed E-state index contributed by atoms with van der Waals surface area (Å²) in [4.78, 5) is 11.1. The fraction of sp³-hybridized carbons (Fsp3) is 0.308. The van der Waals surface area contributed by atoms with E-state index in [1.165, 1.54) is 6.08 Å². The van der Waals surface area contributed by atoms with Gasteiger partial charge in [0.2, 0.25) is 5.91 Å². The van der Waals surface area contributed by atoms with Gasteiger partial charge < -0.3 is 14.8 Å². The number of ether oxygens (including phenoxy) is 2. The monoisotopic (exact) mass is 235 g/mol. The lowest BCUT2D eigenvalue weighted by atomic mass is 10.2. The number of hydrogen-bond acceptors (Lipinski definition) is 3. The standard InChI is InChI=1S/C13H17NO3/c1-4-17-11-7-5-10(9-12(11)16-3)6-8-13(15)14-2/h5-9H,4H2,1-3H3,(H,14,15)/b8-6+. The topological polar surface area (TPSA) is 47.6 Å². The van der Waals surface area contributed by atoms with Crippen LogP contribution in [0.4, 0.5) is 0 Å². The minimum atomic E-state index is -0.141. The Morgan fingerprint density at radius 3 is 2.76 bits per heavy atom. The van der Waals surface area contributed by atoms with Gasteiger partial charge in [0, 0.05) is 13.1 Å². The molecule has 0 radical (unpaired) electrons. The van der Waals surface area contributed by atoms with E-state index in [0.29, 0.717) is 18.1 Å². The summed E-state index contributed by atoms with van der Waals surface area (Å²) in [5.74, 6) is 1.22. The van der Waals surface area contributed by atoms with E-state index in [9.17, 15) is 4.79 Å². The van der Waals surface area contributed by atoms with E-state index < -0.39 is 0 Å². The first-order valence-electron chi connectivity index (χ1n) is 5.42. The van der Waals surface area contributed by atoms with Gasteiger partial charge in [0.15, 0.2) is 11.5 Å². The maximum atomic E-state index is 11.1. The molecule has 0 saturated carbocycles. The van der Waals surface area contributed by atoms with Crippen LogP contribution in [0.5, 0.6) is 11.5 Å². The Balaban J connectivity index is 2.89. The molecule has 4 heteroatoms. The van der Waals surface area contributed by atoms with Gasteiger partial charge in [0.1, 0.15) is 0 Å². The number of carbonyl (C=O) groups is 1. The molecule has 1 N–H and O–H groups in total. The van der Waals surface area contributed by atoms with Gasteiger partial charge in [-0.3, -0.25) is 4.79 Å².